The second-order valence-electron chi connectivity index (χ2n) is 5.83. The number of hydrogen-bond acceptors (Lipinski definition) is 2. The van der Waals surface area contributed by atoms with E-state index in [0.717, 1.165) is 12.0 Å². The van der Waals surface area contributed by atoms with E-state index < -0.39 is 0 Å². The van der Waals surface area contributed by atoms with Crippen LogP contribution >= 0.6 is 0 Å². The number of halogens is 1. The van der Waals surface area contributed by atoms with Crippen molar-refractivity contribution in [2.24, 2.45) is 0 Å². The molecular weight excluding hydrogens is 293 g/mol. The molecule has 0 aromatic heterocycles. The van der Waals surface area contributed by atoms with Gasteiger partial charge in [-0.15, -0.1) is 0 Å². The Kier molecular flexibility index (Phi) is 5.03. The summed E-state index contributed by atoms with van der Waals surface area (Å²) in [5.41, 5.74) is 2.05. The fraction of sp³-hybridized carbons (Fsp3) is 0.316. The van der Waals surface area contributed by atoms with Gasteiger partial charge < -0.3 is 9.64 Å². The van der Waals surface area contributed by atoms with Gasteiger partial charge in [-0.1, -0.05) is 42.5 Å². The Hall–Kier alpha value is -2.20. The maximum Gasteiger partial charge on any atom is 0.227 e. The summed E-state index contributed by atoms with van der Waals surface area (Å²) in [5, 5.41) is 0. The number of carbonyl (C=O) groups is 1. The quantitative estimate of drug-likeness (QED) is 0.869. The van der Waals surface area contributed by atoms with Crippen LogP contribution in [-0.4, -0.2) is 36.6 Å². The Morgan fingerprint density at radius 1 is 1.09 bits per heavy atom. The maximum atomic E-state index is 12.9. The van der Waals surface area contributed by atoms with Gasteiger partial charge in [0.05, 0.1) is 19.1 Å². The fourth-order valence-corrected chi connectivity index (χ4v) is 2.84. The molecule has 3 rings (SSSR count). The van der Waals surface area contributed by atoms with Crippen LogP contribution in [0.4, 0.5) is 4.39 Å². The van der Waals surface area contributed by atoms with Crippen LogP contribution in [0.15, 0.2) is 54.6 Å². The molecular formula is C19H20FNO2. The van der Waals surface area contributed by atoms with Crippen molar-refractivity contribution in [2.45, 2.75) is 18.9 Å². The molecule has 0 aliphatic carbocycles. The van der Waals surface area contributed by atoms with Gasteiger partial charge in [0.1, 0.15) is 5.82 Å². The van der Waals surface area contributed by atoms with Gasteiger partial charge >= 0.3 is 0 Å². The zero-order valence-electron chi connectivity index (χ0n) is 13.0. The van der Waals surface area contributed by atoms with E-state index in [1.807, 2.05) is 23.1 Å². The standard InChI is InChI=1S/C19H20FNO2/c20-17-8-6-16(7-9-17)13-19(22)21-10-11-23-18(14-21)12-15-4-2-1-3-5-15/h1-9,18H,10-14H2. The zero-order chi connectivity index (χ0) is 16.1. The molecule has 2 aromatic rings. The third-order valence-corrected chi connectivity index (χ3v) is 4.07. The molecule has 0 saturated carbocycles. The molecule has 1 saturated heterocycles. The van der Waals surface area contributed by atoms with Crippen molar-refractivity contribution in [1.82, 2.24) is 4.90 Å². The molecule has 1 unspecified atom stereocenters. The Balaban J connectivity index is 1.57. The summed E-state index contributed by atoms with van der Waals surface area (Å²) in [6.07, 6.45) is 1.14. The third-order valence-electron chi connectivity index (χ3n) is 4.07. The Bertz CT molecular complexity index is 642. The lowest BCUT2D eigenvalue weighted by Crippen LogP contribution is -2.46. The number of rotatable bonds is 4. The van der Waals surface area contributed by atoms with Crippen LogP contribution in [0.5, 0.6) is 0 Å². The van der Waals surface area contributed by atoms with Crippen molar-refractivity contribution in [3.63, 3.8) is 0 Å². The molecule has 4 heteroatoms. The molecule has 0 spiro atoms. The molecule has 3 nitrogen and oxygen atoms in total. The average Bonchev–Trinajstić information content (AvgIpc) is 2.58. The molecule has 1 aliphatic heterocycles. The van der Waals surface area contributed by atoms with Gasteiger partial charge in [0, 0.05) is 19.5 Å². The summed E-state index contributed by atoms with van der Waals surface area (Å²) in [7, 11) is 0. The second kappa shape index (κ2) is 7.38. The lowest BCUT2D eigenvalue weighted by Gasteiger charge is -2.33. The molecule has 23 heavy (non-hydrogen) atoms. The minimum Gasteiger partial charge on any atom is -0.374 e. The van der Waals surface area contributed by atoms with Gasteiger partial charge in [-0.2, -0.15) is 0 Å². The first-order chi connectivity index (χ1) is 11.2. The van der Waals surface area contributed by atoms with Gasteiger partial charge in [-0.3, -0.25) is 4.79 Å². The molecule has 1 heterocycles. The first-order valence-electron chi connectivity index (χ1n) is 7.88. The molecule has 120 valence electrons. The van der Waals surface area contributed by atoms with E-state index in [1.54, 1.807) is 12.1 Å². The van der Waals surface area contributed by atoms with Crippen molar-refractivity contribution >= 4 is 5.91 Å². The highest BCUT2D eigenvalue weighted by Gasteiger charge is 2.24. The molecule has 1 fully saturated rings. The van der Waals surface area contributed by atoms with Gasteiger partial charge in [0.15, 0.2) is 0 Å². The number of ether oxygens (including phenoxy) is 1. The molecule has 1 aliphatic rings. The zero-order valence-corrected chi connectivity index (χ0v) is 13.0. The highest BCUT2D eigenvalue weighted by Crippen LogP contribution is 2.13. The van der Waals surface area contributed by atoms with E-state index >= 15 is 0 Å². The first kappa shape index (κ1) is 15.7. The molecule has 0 N–H and O–H groups in total. The van der Waals surface area contributed by atoms with Gasteiger partial charge in [0.2, 0.25) is 5.91 Å². The van der Waals surface area contributed by atoms with Crippen LogP contribution in [-0.2, 0) is 22.4 Å². The van der Waals surface area contributed by atoms with E-state index in [-0.39, 0.29) is 17.8 Å². The number of carbonyl (C=O) groups excluding carboxylic acids is 1. The second-order valence-corrected chi connectivity index (χ2v) is 5.83. The Morgan fingerprint density at radius 2 is 1.83 bits per heavy atom. The van der Waals surface area contributed by atoms with E-state index in [1.165, 1.54) is 17.7 Å². The van der Waals surface area contributed by atoms with Crippen molar-refractivity contribution in [2.75, 3.05) is 19.7 Å². The van der Waals surface area contributed by atoms with Gasteiger partial charge in [-0.25, -0.2) is 4.39 Å². The first-order valence-corrected chi connectivity index (χ1v) is 7.88. The lowest BCUT2D eigenvalue weighted by molar-refractivity contribution is -0.138. The molecule has 2 aromatic carbocycles. The van der Waals surface area contributed by atoms with E-state index in [9.17, 15) is 9.18 Å². The Morgan fingerprint density at radius 3 is 2.57 bits per heavy atom. The smallest absolute Gasteiger partial charge is 0.227 e. The number of nitrogens with zero attached hydrogens (tertiary/aromatic N) is 1. The maximum absolute atomic E-state index is 12.9. The summed E-state index contributed by atoms with van der Waals surface area (Å²) in [5.74, 6) is -0.214. The number of amides is 1. The predicted molar refractivity (Wildman–Crippen MR) is 86.6 cm³/mol. The predicted octanol–water partition coefficient (Wildman–Crippen LogP) is 2.84. The monoisotopic (exact) mass is 313 g/mol. The number of morpholine rings is 1. The summed E-state index contributed by atoms with van der Waals surface area (Å²) < 4.78 is 18.7. The van der Waals surface area contributed by atoms with E-state index in [4.69, 9.17) is 4.74 Å². The fourth-order valence-electron chi connectivity index (χ4n) is 2.84. The highest BCUT2D eigenvalue weighted by molar-refractivity contribution is 5.78. The SMILES string of the molecule is O=C(Cc1ccc(F)cc1)N1CCOC(Cc2ccccc2)C1. The number of hydrogen-bond donors (Lipinski definition) is 0. The molecule has 1 amide bonds. The normalized spacial score (nSPS) is 18.0. The van der Waals surface area contributed by atoms with Crippen LogP contribution in [0, 0.1) is 5.82 Å². The van der Waals surface area contributed by atoms with E-state index in [2.05, 4.69) is 12.1 Å². The summed E-state index contributed by atoms with van der Waals surface area (Å²) in [6, 6.07) is 16.3. The lowest BCUT2D eigenvalue weighted by atomic mass is 10.1. The summed E-state index contributed by atoms with van der Waals surface area (Å²) in [6.45, 7) is 1.78. The molecule has 0 radical (unpaired) electrons. The van der Waals surface area contributed by atoms with Crippen molar-refractivity contribution < 1.29 is 13.9 Å². The Labute approximate surface area is 135 Å². The van der Waals surface area contributed by atoms with Crippen molar-refractivity contribution in [3.05, 3.63) is 71.5 Å². The molecule has 0 bridgehead atoms. The third kappa shape index (κ3) is 4.39. The van der Waals surface area contributed by atoms with E-state index in [0.29, 0.717) is 26.1 Å². The van der Waals surface area contributed by atoms with Crippen LogP contribution < -0.4 is 0 Å². The van der Waals surface area contributed by atoms with Crippen molar-refractivity contribution in [3.8, 4) is 0 Å². The summed E-state index contributed by atoms with van der Waals surface area (Å²) in [4.78, 5) is 14.3. The topological polar surface area (TPSA) is 29.5 Å². The number of benzene rings is 2. The highest BCUT2D eigenvalue weighted by atomic mass is 19.1. The van der Waals surface area contributed by atoms with Crippen LogP contribution in [0.2, 0.25) is 0 Å². The average molecular weight is 313 g/mol. The van der Waals surface area contributed by atoms with Crippen molar-refractivity contribution in [1.29, 1.82) is 0 Å². The van der Waals surface area contributed by atoms with Crippen LogP contribution in [0.1, 0.15) is 11.1 Å². The minimum atomic E-state index is -0.282. The van der Waals surface area contributed by atoms with Crippen LogP contribution in [0.3, 0.4) is 0 Å². The van der Waals surface area contributed by atoms with Gasteiger partial charge in [-0.05, 0) is 23.3 Å². The minimum absolute atomic E-state index is 0.0308. The molecule has 1 atom stereocenters. The van der Waals surface area contributed by atoms with Crippen LogP contribution in [0.25, 0.3) is 0 Å². The summed E-state index contributed by atoms with van der Waals surface area (Å²) >= 11 is 0. The van der Waals surface area contributed by atoms with Gasteiger partial charge in [0.25, 0.3) is 0 Å². The largest absolute Gasteiger partial charge is 0.374 e.